The summed E-state index contributed by atoms with van der Waals surface area (Å²) in [7, 11) is 3.29. The van der Waals surface area contributed by atoms with Gasteiger partial charge in [0.25, 0.3) is 5.91 Å². The second-order valence-corrected chi connectivity index (χ2v) is 7.76. The summed E-state index contributed by atoms with van der Waals surface area (Å²) >= 11 is 4.21. The fourth-order valence-corrected chi connectivity index (χ4v) is 3.77. The lowest BCUT2D eigenvalue weighted by Crippen LogP contribution is -2.32. The van der Waals surface area contributed by atoms with Gasteiger partial charge >= 0.3 is 0 Å². The standard InChI is InChI=1S/C22H30N4O3S/c1-28-19-11-16-7-9-26(15-17(16)12-20(19)29-2)22-24-13-18(14-25-22)21(27)23-8-5-3-4-6-10-30/h11-14,30H,3-10,15H2,1-2H3,(H,23,27). The van der Waals surface area contributed by atoms with E-state index in [4.69, 9.17) is 9.47 Å². The minimum absolute atomic E-state index is 0.128. The maximum absolute atomic E-state index is 12.3. The fourth-order valence-electron chi connectivity index (χ4n) is 3.55. The van der Waals surface area contributed by atoms with Crippen LogP contribution in [0.4, 0.5) is 5.95 Å². The Morgan fingerprint density at radius 3 is 2.40 bits per heavy atom. The molecule has 1 aliphatic heterocycles. The van der Waals surface area contributed by atoms with Crippen molar-refractivity contribution in [3.63, 3.8) is 0 Å². The zero-order valence-corrected chi connectivity index (χ0v) is 18.6. The average Bonchev–Trinajstić information content (AvgIpc) is 2.79. The highest BCUT2D eigenvalue weighted by Crippen LogP contribution is 2.33. The van der Waals surface area contributed by atoms with E-state index in [9.17, 15) is 4.79 Å². The van der Waals surface area contributed by atoms with E-state index >= 15 is 0 Å². The first-order chi connectivity index (χ1) is 14.7. The first-order valence-corrected chi connectivity index (χ1v) is 11.0. The molecule has 0 unspecified atom stereocenters. The minimum Gasteiger partial charge on any atom is -0.493 e. The van der Waals surface area contributed by atoms with Crippen molar-refractivity contribution >= 4 is 24.5 Å². The van der Waals surface area contributed by atoms with Gasteiger partial charge < -0.3 is 19.7 Å². The van der Waals surface area contributed by atoms with Crippen LogP contribution < -0.4 is 19.7 Å². The van der Waals surface area contributed by atoms with Crippen LogP contribution in [0.15, 0.2) is 24.5 Å². The summed E-state index contributed by atoms with van der Waals surface area (Å²) in [6.45, 7) is 2.16. The van der Waals surface area contributed by atoms with E-state index in [0.717, 1.165) is 55.9 Å². The Bertz CT molecular complexity index is 845. The van der Waals surface area contributed by atoms with Gasteiger partial charge in [0.15, 0.2) is 11.5 Å². The largest absolute Gasteiger partial charge is 0.493 e. The number of methoxy groups -OCH3 is 2. The lowest BCUT2D eigenvalue weighted by Gasteiger charge is -2.29. The van der Waals surface area contributed by atoms with E-state index in [-0.39, 0.29) is 5.91 Å². The predicted octanol–water partition coefficient (Wildman–Crippen LogP) is 3.28. The molecule has 0 atom stereocenters. The van der Waals surface area contributed by atoms with Crippen molar-refractivity contribution in [3.8, 4) is 11.5 Å². The number of thiol groups is 1. The number of aromatic nitrogens is 2. The van der Waals surface area contributed by atoms with Crippen LogP contribution in [0.1, 0.15) is 47.2 Å². The second kappa shape index (κ2) is 11.1. The van der Waals surface area contributed by atoms with Crippen molar-refractivity contribution in [2.75, 3.05) is 38.0 Å². The molecule has 7 nitrogen and oxygen atoms in total. The topological polar surface area (TPSA) is 76.6 Å². The summed E-state index contributed by atoms with van der Waals surface area (Å²) < 4.78 is 10.8. The van der Waals surface area contributed by atoms with E-state index in [1.807, 2.05) is 12.1 Å². The number of carbonyl (C=O) groups is 1. The summed E-state index contributed by atoms with van der Waals surface area (Å²) in [5.74, 6) is 2.88. The maximum Gasteiger partial charge on any atom is 0.254 e. The molecule has 30 heavy (non-hydrogen) atoms. The van der Waals surface area contributed by atoms with Gasteiger partial charge in [-0.25, -0.2) is 9.97 Å². The molecule has 0 aliphatic carbocycles. The first-order valence-electron chi connectivity index (χ1n) is 10.4. The smallest absolute Gasteiger partial charge is 0.254 e. The number of amides is 1. The molecule has 1 N–H and O–H groups in total. The van der Waals surface area contributed by atoms with Crippen LogP contribution in [0, 0.1) is 0 Å². The number of hydrogen-bond acceptors (Lipinski definition) is 7. The van der Waals surface area contributed by atoms with Crippen molar-refractivity contribution in [2.24, 2.45) is 0 Å². The van der Waals surface area contributed by atoms with E-state index in [2.05, 4.69) is 32.8 Å². The molecule has 0 radical (unpaired) electrons. The van der Waals surface area contributed by atoms with Crippen LogP contribution >= 0.6 is 12.6 Å². The normalized spacial score (nSPS) is 13.0. The summed E-state index contributed by atoms with van der Waals surface area (Å²) in [4.78, 5) is 23.2. The monoisotopic (exact) mass is 430 g/mol. The molecule has 0 fully saturated rings. The Kier molecular flexibility index (Phi) is 8.19. The lowest BCUT2D eigenvalue weighted by atomic mass is 9.99. The molecule has 1 aromatic carbocycles. The highest BCUT2D eigenvalue weighted by molar-refractivity contribution is 7.80. The highest BCUT2D eigenvalue weighted by atomic mass is 32.1. The van der Waals surface area contributed by atoms with Crippen molar-refractivity contribution in [1.82, 2.24) is 15.3 Å². The number of carbonyl (C=O) groups excluding carboxylic acids is 1. The van der Waals surface area contributed by atoms with Gasteiger partial charge in [-0.3, -0.25) is 4.79 Å². The van der Waals surface area contributed by atoms with Gasteiger partial charge in [0.2, 0.25) is 5.95 Å². The van der Waals surface area contributed by atoms with Crippen LogP contribution in [0.25, 0.3) is 0 Å². The van der Waals surface area contributed by atoms with E-state index in [1.165, 1.54) is 11.1 Å². The molecule has 1 aliphatic rings. The number of fused-ring (bicyclic) bond motifs is 1. The third-order valence-corrected chi connectivity index (χ3v) is 5.59. The van der Waals surface area contributed by atoms with Gasteiger partial charge in [0, 0.05) is 32.0 Å². The zero-order chi connectivity index (χ0) is 21.3. The molecule has 2 aromatic rings. The third kappa shape index (κ3) is 5.56. The van der Waals surface area contributed by atoms with Crippen LogP contribution in [0.2, 0.25) is 0 Å². The molecule has 0 spiro atoms. The number of hydrogen-bond donors (Lipinski definition) is 2. The van der Waals surface area contributed by atoms with Crippen molar-refractivity contribution in [3.05, 3.63) is 41.2 Å². The Morgan fingerprint density at radius 1 is 1.07 bits per heavy atom. The lowest BCUT2D eigenvalue weighted by molar-refractivity contribution is 0.0952. The Morgan fingerprint density at radius 2 is 1.73 bits per heavy atom. The minimum atomic E-state index is -0.128. The molecule has 8 heteroatoms. The summed E-state index contributed by atoms with van der Waals surface area (Å²) in [5.41, 5.74) is 2.90. The van der Waals surface area contributed by atoms with Crippen LogP contribution in [-0.2, 0) is 13.0 Å². The van der Waals surface area contributed by atoms with Gasteiger partial charge in [-0.15, -0.1) is 0 Å². The SMILES string of the molecule is COc1cc2c(cc1OC)CN(c1ncc(C(=O)NCCCCCCS)cn1)CC2. The van der Waals surface area contributed by atoms with Crippen molar-refractivity contribution < 1.29 is 14.3 Å². The number of anilines is 1. The van der Waals surface area contributed by atoms with Crippen LogP contribution in [-0.4, -0.2) is 48.9 Å². The predicted molar refractivity (Wildman–Crippen MR) is 121 cm³/mol. The van der Waals surface area contributed by atoms with E-state index in [1.54, 1.807) is 26.6 Å². The van der Waals surface area contributed by atoms with Gasteiger partial charge in [-0.2, -0.15) is 12.6 Å². The zero-order valence-electron chi connectivity index (χ0n) is 17.7. The average molecular weight is 431 g/mol. The van der Waals surface area contributed by atoms with Crippen molar-refractivity contribution in [2.45, 2.75) is 38.6 Å². The molecular formula is C22H30N4O3S. The summed E-state index contributed by atoms with van der Waals surface area (Å²) in [5, 5.41) is 2.93. The molecule has 3 rings (SSSR count). The number of ether oxygens (including phenoxy) is 2. The van der Waals surface area contributed by atoms with Gasteiger partial charge in [-0.1, -0.05) is 12.8 Å². The number of rotatable bonds is 10. The third-order valence-electron chi connectivity index (χ3n) is 5.27. The molecule has 1 aromatic heterocycles. The highest BCUT2D eigenvalue weighted by Gasteiger charge is 2.21. The molecule has 2 heterocycles. The number of unbranched alkanes of at least 4 members (excludes halogenated alkanes) is 3. The number of benzene rings is 1. The van der Waals surface area contributed by atoms with Gasteiger partial charge in [-0.05, 0) is 48.3 Å². The van der Waals surface area contributed by atoms with Crippen LogP contribution in [0.5, 0.6) is 11.5 Å². The molecule has 0 saturated heterocycles. The molecular weight excluding hydrogens is 400 g/mol. The molecule has 162 valence electrons. The summed E-state index contributed by atoms with van der Waals surface area (Å²) in [6.07, 6.45) is 8.41. The number of nitrogens with zero attached hydrogens (tertiary/aromatic N) is 3. The molecule has 0 saturated carbocycles. The quantitative estimate of drug-likeness (QED) is 0.445. The molecule has 0 bridgehead atoms. The van der Waals surface area contributed by atoms with Crippen LogP contribution in [0.3, 0.4) is 0 Å². The Balaban J connectivity index is 1.57. The Labute approximate surface area is 183 Å². The second-order valence-electron chi connectivity index (χ2n) is 7.31. The number of nitrogens with one attached hydrogen (secondary N) is 1. The van der Waals surface area contributed by atoms with Gasteiger partial charge in [0.05, 0.1) is 19.8 Å². The Hall–Kier alpha value is -2.48. The van der Waals surface area contributed by atoms with E-state index < -0.39 is 0 Å². The maximum atomic E-state index is 12.3. The summed E-state index contributed by atoms with van der Waals surface area (Å²) in [6, 6.07) is 4.05. The first kappa shape index (κ1) is 22.2. The fraction of sp³-hybridized carbons (Fsp3) is 0.500. The molecule has 1 amide bonds. The van der Waals surface area contributed by atoms with Crippen molar-refractivity contribution in [1.29, 1.82) is 0 Å². The van der Waals surface area contributed by atoms with E-state index in [0.29, 0.717) is 24.6 Å². The van der Waals surface area contributed by atoms with Gasteiger partial charge in [0.1, 0.15) is 0 Å².